The Kier molecular flexibility index (Phi) is 8.92. The van der Waals surface area contributed by atoms with Crippen molar-refractivity contribution in [2.75, 3.05) is 29.9 Å². The monoisotopic (exact) mass is 561 g/mol. The summed E-state index contributed by atoms with van der Waals surface area (Å²) in [6.45, 7) is 2.63. The van der Waals surface area contributed by atoms with Crippen molar-refractivity contribution in [2.45, 2.75) is 18.7 Å². The fourth-order valence-electron chi connectivity index (χ4n) is 3.44. The van der Waals surface area contributed by atoms with Crippen LogP contribution in [0.2, 0.25) is 5.02 Å². The number of carbonyl (C=O) groups excluding carboxylic acids is 2. The minimum atomic E-state index is -4.43. The lowest BCUT2D eigenvalue weighted by molar-refractivity contribution is -0.385. The summed E-state index contributed by atoms with van der Waals surface area (Å²) in [6.07, 6.45) is 0. The lowest BCUT2D eigenvalue weighted by Crippen LogP contribution is -2.38. The number of hydrogen-bond acceptors (Lipinski definition) is 8. The molecular weight excluding hydrogens is 538 g/mol. The summed E-state index contributed by atoms with van der Waals surface area (Å²) in [5.41, 5.74) is 0.355. The first-order valence-corrected chi connectivity index (χ1v) is 13.0. The third-order valence-electron chi connectivity index (χ3n) is 5.36. The first-order chi connectivity index (χ1) is 18.0. The first kappa shape index (κ1) is 28.4. The van der Waals surface area contributed by atoms with E-state index in [9.17, 15) is 28.1 Å². The Hall–Kier alpha value is -4.16. The summed E-state index contributed by atoms with van der Waals surface area (Å²) < 4.78 is 38.1. The Morgan fingerprint density at radius 2 is 1.76 bits per heavy atom. The van der Waals surface area contributed by atoms with E-state index in [1.54, 1.807) is 6.92 Å². The fraction of sp³-hybridized carbons (Fsp3) is 0.200. The van der Waals surface area contributed by atoms with Gasteiger partial charge in [0.25, 0.3) is 15.7 Å². The number of nitro benzene ring substituents is 1. The zero-order chi connectivity index (χ0) is 28.0. The van der Waals surface area contributed by atoms with Gasteiger partial charge >= 0.3 is 5.97 Å². The van der Waals surface area contributed by atoms with Gasteiger partial charge in [-0.15, -0.1) is 0 Å². The number of halogens is 1. The first-order valence-electron chi connectivity index (χ1n) is 11.2. The van der Waals surface area contributed by atoms with Crippen LogP contribution in [-0.2, 0) is 19.6 Å². The van der Waals surface area contributed by atoms with Crippen LogP contribution in [0.4, 0.5) is 17.1 Å². The molecule has 1 amide bonds. The molecule has 0 unspecified atom stereocenters. The van der Waals surface area contributed by atoms with Crippen LogP contribution in [0.15, 0.2) is 65.6 Å². The molecule has 38 heavy (non-hydrogen) atoms. The van der Waals surface area contributed by atoms with E-state index in [2.05, 4.69) is 5.32 Å². The summed E-state index contributed by atoms with van der Waals surface area (Å²) in [5.74, 6) is -0.900. The number of hydrogen-bond donors (Lipinski definition) is 1. The van der Waals surface area contributed by atoms with E-state index in [4.69, 9.17) is 21.1 Å². The van der Waals surface area contributed by atoms with Crippen LogP contribution in [0.25, 0.3) is 0 Å². The zero-order valence-electron chi connectivity index (χ0n) is 20.6. The summed E-state index contributed by atoms with van der Waals surface area (Å²) >= 11 is 6.15. The SMILES string of the molecule is CCOC(=O)c1ccc(NC(=O)CN(c2ccc(OC)cc2)S(=O)(=O)c2ccc(C)c([N+](=O)[O-])c2)cc1Cl. The molecule has 0 aliphatic heterocycles. The number of rotatable bonds is 10. The molecule has 0 saturated heterocycles. The van der Waals surface area contributed by atoms with Crippen molar-refractivity contribution >= 4 is 50.6 Å². The van der Waals surface area contributed by atoms with E-state index in [1.807, 2.05) is 0 Å². The lowest BCUT2D eigenvalue weighted by Gasteiger charge is -2.24. The number of benzene rings is 3. The van der Waals surface area contributed by atoms with Gasteiger partial charge in [-0.25, -0.2) is 13.2 Å². The molecule has 200 valence electrons. The Balaban J connectivity index is 1.95. The molecular formula is C25H24ClN3O8S. The standard InChI is InChI=1S/C25H24ClN3O8S/c1-4-37-25(31)21-12-6-17(13-22(21)26)27-24(30)15-28(18-7-9-19(36-3)10-8-18)38(34,35)20-11-5-16(2)23(14-20)29(32)33/h5-14H,4,15H2,1-3H3,(H,27,30). The highest BCUT2D eigenvalue weighted by molar-refractivity contribution is 7.92. The second kappa shape index (κ2) is 11.9. The molecule has 0 aromatic heterocycles. The predicted octanol–water partition coefficient (Wildman–Crippen LogP) is 4.58. The maximum atomic E-state index is 13.6. The van der Waals surface area contributed by atoms with Crippen molar-refractivity contribution in [3.63, 3.8) is 0 Å². The third-order valence-corrected chi connectivity index (χ3v) is 7.44. The van der Waals surface area contributed by atoms with Gasteiger partial charge < -0.3 is 14.8 Å². The number of carbonyl (C=O) groups is 2. The number of anilines is 2. The van der Waals surface area contributed by atoms with Crippen LogP contribution in [0.3, 0.4) is 0 Å². The van der Waals surface area contributed by atoms with Gasteiger partial charge in [0.1, 0.15) is 12.3 Å². The van der Waals surface area contributed by atoms with Gasteiger partial charge in [0.15, 0.2) is 0 Å². The summed E-state index contributed by atoms with van der Waals surface area (Å²) in [4.78, 5) is 35.3. The quantitative estimate of drug-likeness (QED) is 0.215. The van der Waals surface area contributed by atoms with Crippen molar-refractivity contribution in [1.29, 1.82) is 0 Å². The molecule has 0 aliphatic carbocycles. The highest BCUT2D eigenvalue weighted by Crippen LogP contribution is 2.29. The van der Waals surface area contributed by atoms with Crippen molar-refractivity contribution in [3.05, 3.63) is 86.9 Å². The van der Waals surface area contributed by atoms with Gasteiger partial charge in [-0.3, -0.25) is 19.2 Å². The highest BCUT2D eigenvalue weighted by Gasteiger charge is 2.29. The highest BCUT2D eigenvalue weighted by atomic mass is 35.5. The number of sulfonamides is 1. The molecule has 0 aliphatic rings. The fourth-order valence-corrected chi connectivity index (χ4v) is 5.13. The molecule has 0 bridgehead atoms. The molecule has 0 fully saturated rings. The largest absolute Gasteiger partial charge is 0.497 e. The average Bonchev–Trinajstić information content (AvgIpc) is 2.87. The van der Waals surface area contributed by atoms with E-state index in [-0.39, 0.29) is 44.7 Å². The number of esters is 1. The Labute approximate surface area is 224 Å². The predicted molar refractivity (Wildman–Crippen MR) is 141 cm³/mol. The number of aryl methyl sites for hydroxylation is 1. The van der Waals surface area contributed by atoms with Gasteiger partial charge in [0, 0.05) is 17.3 Å². The molecule has 3 rings (SSSR count). The summed E-state index contributed by atoms with van der Waals surface area (Å²) in [5, 5.41) is 14.0. The summed E-state index contributed by atoms with van der Waals surface area (Å²) in [6, 6.07) is 13.6. The van der Waals surface area contributed by atoms with E-state index >= 15 is 0 Å². The van der Waals surface area contributed by atoms with Gasteiger partial charge in [-0.05, 0) is 62.4 Å². The maximum Gasteiger partial charge on any atom is 0.339 e. The Morgan fingerprint density at radius 3 is 2.34 bits per heavy atom. The second-order valence-electron chi connectivity index (χ2n) is 7.88. The molecule has 0 heterocycles. The number of nitro groups is 1. The summed E-state index contributed by atoms with van der Waals surface area (Å²) in [7, 11) is -2.98. The molecule has 11 nitrogen and oxygen atoms in total. The lowest BCUT2D eigenvalue weighted by atomic mass is 10.2. The van der Waals surface area contributed by atoms with Gasteiger partial charge in [-0.1, -0.05) is 17.7 Å². The van der Waals surface area contributed by atoms with Crippen LogP contribution < -0.4 is 14.4 Å². The number of nitrogens with zero attached hydrogens (tertiary/aromatic N) is 2. The van der Waals surface area contributed by atoms with Crippen molar-refractivity contribution in [3.8, 4) is 5.75 Å². The molecule has 3 aromatic rings. The number of methoxy groups -OCH3 is 1. The number of ether oxygens (including phenoxy) is 2. The number of nitrogens with one attached hydrogen (secondary N) is 1. The average molecular weight is 562 g/mol. The van der Waals surface area contributed by atoms with Crippen LogP contribution >= 0.6 is 11.6 Å². The van der Waals surface area contributed by atoms with Gasteiger partial charge in [-0.2, -0.15) is 0 Å². The molecule has 0 saturated carbocycles. The van der Waals surface area contributed by atoms with E-state index in [0.717, 1.165) is 10.4 Å². The third kappa shape index (κ3) is 6.39. The van der Waals surface area contributed by atoms with E-state index < -0.39 is 33.4 Å². The molecule has 3 aromatic carbocycles. The van der Waals surface area contributed by atoms with Gasteiger partial charge in [0.05, 0.1) is 39.8 Å². The van der Waals surface area contributed by atoms with E-state index in [1.165, 1.54) is 68.6 Å². The van der Waals surface area contributed by atoms with Crippen LogP contribution in [-0.4, -0.2) is 45.5 Å². The van der Waals surface area contributed by atoms with Crippen LogP contribution in [0, 0.1) is 17.0 Å². The zero-order valence-corrected chi connectivity index (χ0v) is 22.2. The molecule has 0 spiro atoms. The number of amides is 1. The van der Waals surface area contributed by atoms with Crippen LogP contribution in [0.1, 0.15) is 22.8 Å². The van der Waals surface area contributed by atoms with Crippen LogP contribution in [0.5, 0.6) is 5.75 Å². The molecule has 13 heteroatoms. The normalized spacial score (nSPS) is 10.9. The van der Waals surface area contributed by atoms with E-state index in [0.29, 0.717) is 5.75 Å². The molecule has 0 atom stereocenters. The Bertz CT molecular complexity index is 1480. The minimum Gasteiger partial charge on any atom is -0.497 e. The second-order valence-corrected chi connectivity index (χ2v) is 10.1. The van der Waals surface area contributed by atoms with Crippen molar-refractivity contribution in [1.82, 2.24) is 0 Å². The molecule has 0 radical (unpaired) electrons. The van der Waals surface area contributed by atoms with Crippen molar-refractivity contribution < 1.29 is 32.4 Å². The van der Waals surface area contributed by atoms with Gasteiger partial charge in [0.2, 0.25) is 5.91 Å². The minimum absolute atomic E-state index is 0.0350. The smallest absolute Gasteiger partial charge is 0.339 e. The molecule has 1 N–H and O–H groups in total. The maximum absolute atomic E-state index is 13.6. The topological polar surface area (TPSA) is 145 Å². The van der Waals surface area contributed by atoms with Crippen molar-refractivity contribution in [2.24, 2.45) is 0 Å². The Morgan fingerprint density at radius 1 is 1.08 bits per heavy atom.